The summed E-state index contributed by atoms with van der Waals surface area (Å²) in [6.07, 6.45) is 0. The molecule has 0 saturated heterocycles. The molecule has 3 rings (SSSR count). The van der Waals surface area contributed by atoms with Gasteiger partial charge in [-0.25, -0.2) is 15.0 Å². The maximum Gasteiger partial charge on any atom is 0.251 e. The fraction of sp³-hybridized carbons (Fsp3) is 0.381. The predicted octanol–water partition coefficient (Wildman–Crippen LogP) is 3.93. The largest absolute Gasteiger partial charge is 0.507 e. The summed E-state index contributed by atoms with van der Waals surface area (Å²) >= 11 is 0. The number of phenols is 1. The highest BCUT2D eigenvalue weighted by Gasteiger charge is 2.26. The van der Waals surface area contributed by atoms with Gasteiger partial charge in [0.05, 0.1) is 16.4 Å². The third kappa shape index (κ3) is 3.48. The van der Waals surface area contributed by atoms with E-state index in [1.165, 1.54) is 0 Å². The lowest BCUT2D eigenvalue weighted by Crippen LogP contribution is -2.19. The fourth-order valence-electron chi connectivity index (χ4n) is 2.89. The maximum absolute atomic E-state index is 10.8. The van der Waals surface area contributed by atoms with E-state index in [2.05, 4.69) is 56.5 Å². The smallest absolute Gasteiger partial charge is 0.251 e. The number of fused-ring (bicyclic) bond motifs is 1. The van der Waals surface area contributed by atoms with E-state index in [0.29, 0.717) is 11.7 Å². The number of hydrogen-bond acceptors (Lipinski definition) is 2. The number of benzene rings is 2. The molecule has 0 aliphatic carbocycles. The normalized spacial score (nSPS) is 13.9. The molecule has 0 aromatic heterocycles. The average Bonchev–Trinajstić information content (AvgIpc) is 2.88. The summed E-state index contributed by atoms with van der Waals surface area (Å²) in [6, 6.07) is 11.6. The van der Waals surface area contributed by atoms with Crippen molar-refractivity contribution in [3.8, 4) is 5.75 Å². The van der Waals surface area contributed by atoms with Gasteiger partial charge in [0.15, 0.2) is 0 Å². The molecule has 0 unspecified atom stereocenters. The first-order valence-corrected chi connectivity index (χ1v) is 8.55. The van der Waals surface area contributed by atoms with Gasteiger partial charge in [0.1, 0.15) is 5.75 Å². The quantitative estimate of drug-likeness (QED) is 0.843. The zero-order chi connectivity index (χ0) is 18.4. The van der Waals surface area contributed by atoms with Gasteiger partial charge in [-0.3, -0.25) is 0 Å². The molecule has 1 heterocycles. The Hall–Kier alpha value is -2.49. The zero-order valence-corrected chi connectivity index (χ0v) is 15.8. The van der Waals surface area contributed by atoms with Crippen LogP contribution >= 0.6 is 0 Å². The Morgan fingerprint density at radius 3 is 1.64 bits per heavy atom. The molecule has 0 atom stereocenters. The van der Waals surface area contributed by atoms with Crippen LogP contribution < -0.4 is 10.7 Å². The molecule has 1 N–H and O–H groups in total. The van der Waals surface area contributed by atoms with Gasteiger partial charge in [0.2, 0.25) is 0 Å². The van der Waals surface area contributed by atoms with Gasteiger partial charge < -0.3 is 5.11 Å². The number of hydrogen-bond donors (Lipinski definition) is 1. The van der Waals surface area contributed by atoms with Crippen molar-refractivity contribution in [2.24, 2.45) is 15.0 Å². The van der Waals surface area contributed by atoms with E-state index in [4.69, 9.17) is 0 Å². The second kappa shape index (κ2) is 5.80. The fourth-order valence-corrected chi connectivity index (χ4v) is 2.89. The van der Waals surface area contributed by atoms with E-state index < -0.39 is 0 Å². The van der Waals surface area contributed by atoms with Crippen LogP contribution in [0.5, 0.6) is 5.75 Å². The molecule has 0 saturated carbocycles. The van der Waals surface area contributed by atoms with Crippen LogP contribution in [-0.2, 0) is 10.8 Å². The second-order valence-electron chi connectivity index (χ2n) is 8.51. The van der Waals surface area contributed by atoms with Gasteiger partial charge in [0.25, 0.3) is 5.96 Å². The van der Waals surface area contributed by atoms with Crippen molar-refractivity contribution in [2.45, 2.75) is 52.4 Å². The molecular weight excluding hydrogens is 310 g/mol. The van der Waals surface area contributed by atoms with Crippen LogP contribution in [0.1, 0.15) is 52.7 Å². The molecule has 4 heteroatoms. The minimum absolute atomic E-state index is 0.187. The van der Waals surface area contributed by atoms with Crippen LogP contribution in [0.3, 0.4) is 0 Å². The number of guanidine groups is 1. The molecule has 4 nitrogen and oxygen atoms in total. The summed E-state index contributed by atoms with van der Waals surface area (Å²) in [7, 11) is 0. The molecule has 2 aromatic rings. The Balaban J connectivity index is 2.18. The number of para-hydroxylation sites is 2. The highest BCUT2D eigenvalue weighted by molar-refractivity contribution is 5.85. The van der Waals surface area contributed by atoms with Crippen LogP contribution in [0.4, 0.5) is 5.69 Å². The summed E-state index contributed by atoms with van der Waals surface area (Å²) in [4.78, 5) is 13.6. The second-order valence-corrected chi connectivity index (χ2v) is 8.51. The number of aromatic hydroxyl groups is 1. The topological polar surface area (TPSA) is 57.3 Å². The molecule has 0 spiro atoms. The average molecular weight is 335 g/mol. The van der Waals surface area contributed by atoms with Gasteiger partial charge in [-0.2, -0.15) is 0 Å². The first kappa shape index (κ1) is 17.3. The highest BCUT2D eigenvalue weighted by Crippen LogP contribution is 2.41. The van der Waals surface area contributed by atoms with Crippen LogP contribution in [0.2, 0.25) is 0 Å². The molecule has 0 radical (unpaired) electrons. The van der Waals surface area contributed by atoms with Gasteiger partial charge in [-0.05, 0) is 35.1 Å². The summed E-state index contributed by atoms with van der Waals surface area (Å²) in [5.41, 5.74) is 2.16. The van der Waals surface area contributed by atoms with E-state index >= 15 is 0 Å². The Labute approximate surface area is 148 Å². The van der Waals surface area contributed by atoms with Crippen LogP contribution in [-0.4, -0.2) is 11.1 Å². The summed E-state index contributed by atoms with van der Waals surface area (Å²) in [6.45, 7) is 12.5. The van der Waals surface area contributed by atoms with Crippen molar-refractivity contribution in [1.29, 1.82) is 0 Å². The van der Waals surface area contributed by atoms with Gasteiger partial charge in [-0.1, -0.05) is 53.7 Å². The van der Waals surface area contributed by atoms with E-state index in [9.17, 15) is 5.11 Å². The van der Waals surface area contributed by atoms with Crippen LogP contribution in [0.25, 0.3) is 0 Å². The van der Waals surface area contributed by atoms with Crippen LogP contribution in [0.15, 0.2) is 51.4 Å². The Morgan fingerprint density at radius 1 is 0.800 bits per heavy atom. The summed E-state index contributed by atoms with van der Waals surface area (Å²) in [5.74, 6) is 0.805. The van der Waals surface area contributed by atoms with Gasteiger partial charge in [-0.15, -0.1) is 0 Å². The Bertz CT molecular complexity index is 901. The van der Waals surface area contributed by atoms with Crippen molar-refractivity contribution in [1.82, 2.24) is 0 Å². The van der Waals surface area contributed by atoms with Crippen molar-refractivity contribution in [2.75, 3.05) is 0 Å². The van der Waals surface area contributed by atoms with Gasteiger partial charge in [0, 0.05) is 11.1 Å². The van der Waals surface area contributed by atoms with Crippen molar-refractivity contribution >= 4 is 11.6 Å². The minimum Gasteiger partial charge on any atom is -0.507 e. The molecule has 25 heavy (non-hydrogen) atoms. The molecule has 1 aliphatic heterocycles. The molecular formula is C21H25N3O. The van der Waals surface area contributed by atoms with Gasteiger partial charge >= 0.3 is 0 Å². The number of nitrogens with zero attached hydrogens (tertiary/aromatic N) is 3. The molecule has 130 valence electrons. The summed E-state index contributed by atoms with van der Waals surface area (Å²) < 4.78 is 0. The third-order valence-electron chi connectivity index (χ3n) is 4.26. The molecule has 0 amide bonds. The number of phenolic OH excluding ortho intramolecular Hbond substituents is 1. The lowest BCUT2D eigenvalue weighted by Gasteiger charge is -2.27. The third-order valence-corrected chi connectivity index (χ3v) is 4.26. The Morgan fingerprint density at radius 2 is 1.24 bits per heavy atom. The van der Waals surface area contributed by atoms with E-state index in [1.807, 2.05) is 36.4 Å². The molecule has 0 bridgehead atoms. The number of aliphatic imine (C=N–C) groups is 1. The highest BCUT2D eigenvalue weighted by atomic mass is 16.3. The summed E-state index contributed by atoms with van der Waals surface area (Å²) in [5, 5.41) is 12.5. The zero-order valence-electron chi connectivity index (χ0n) is 15.8. The Kier molecular flexibility index (Phi) is 4.02. The van der Waals surface area contributed by atoms with E-state index in [0.717, 1.165) is 27.5 Å². The molecule has 2 aromatic carbocycles. The van der Waals surface area contributed by atoms with Crippen LogP contribution in [0, 0.1) is 0 Å². The van der Waals surface area contributed by atoms with E-state index in [-0.39, 0.29) is 10.8 Å². The monoisotopic (exact) mass is 335 g/mol. The lowest BCUT2D eigenvalue weighted by atomic mass is 9.79. The van der Waals surface area contributed by atoms with E-state index in [1.54, 1.807) is 0 Å². The number of rotatable bonds is 1. The SMILES string of the molecule is CC(C)(C)c1cc(N=C2N=c3ccccc3=N2)cc(C(C)(C)C)c1O. The standard InChI is InChI=1S/C21H25N3O/c1-20(2,3)14-11-13(12-15(18(14)25)21(4,5)6)22-19-23-16-9-7-8-10-17(16)24-19/h7-12,25H,1-6H3. The van der Waals surface area contributed by atoms with Crippen molar-refractivity contribution in [3.05, 3.63) is 58.2 Å². The molecule has 1 aliphatic rings. The first-order valence-electron chi connectivity index (χ1n) is 8.55. The maximum atomic E-state index is 10.8. The first-order chi connectivity index (χ1) is 11.6. The molecule has 0 fully saturated rings. The predicted molar refractivity (Wildman–Crippen MR) is 101 cm³/mol. The van der Waals surface area contributed by atoms with Crippen molar-refractivity contribution < 1.29 is 5.11 Å². The van der Waals surface area contributed by atoms with Crippen molar-refractivity contribution in [3.63, 3.8) is 0 Å². The lowest BCUT2D eigenvalue weighted by molar-refractivity contribution is 0.423. The minimum atomic E-state index is -0.187.